The van der Waals surface area contributed by atoms with Crippen molar-refractivity contribution in [2.75, 3.05) is 17.6 Å². The van der Waals surface area contributed by atoms with Gasteiger partial charge in [-0.3, -0.25) is 9.78 Å². The first-order valence-corrected chi connectivity index (χ1v) is 9.46. The van der Waals surface area contributed by atoms with Crippen molar-refractivity contribution in [2.45, 2.75) is 52.0 Å². The average molecular weight is 369 g/mol. The highest BCUT2D eigenvalue weighted by Crippen LogP contribution is 2.23. The normalized spacial score (nSPS) is 17.6. The number of fused-ring (bicyclic) bond motifs is 1. The highest BCUT2D eigenvalue weighted by molar-refractivity contribution is 5.90. The fraction of sp³-hybridized carbons (Fsp3) is 0.474. The highest BCUT2D eigenvalue weighted by atomic mass is 16.2. The van der Waals surface area contributed by atoms with Gasteiger partial charge in [-0.2, -0.15) is 4.98 Å². The molecule has 8 heteroatoms. The Balaban J connectivity index is 1.87. The zero-order valence-corrected chi connectivity index (χ0v) is 15.9. The molecule has 8 nitrogen and oxygen atoms in total. The lowest BCUT2D eigenvalue weighted by Crippen LogP contribution is -2.40. The Bertz CT molecular complexity index is 843. The second-order valence-corrected chi connectivity index (χ2v) is 6.79. The van der Waals surface area contributed by atoms with E-state index in [0.717, 1.165) is 55.4 Å². The second kappa shape index (κ2) is 8.77. The van der Waals surface area contributed by atoms with Gasteiger partial charge < -0.3 is 21.7 Å². The van der Waals surface area contributed by atoms with E-state index in [4.69, 9.17) is 5.73 Å². The van der Waals surface area contributed by atoms with Crippen LogP contribution in [0.3, 0.4) is 0 Å². The molecule has 0 aliphatic carbocycles. The summed E-state index contributed by atoms with van der Waals surface area (Å²) in [5.74, 6) is 0.820. The SMILES string of the molecule is CCCC/C(Nc1nc(N)nc2cnccc12)=C(/C)NC(=O)[C@@H]1CCCN1. The van der Waals surface area contributed by atoms with Gasteiger partial charge in [0.05, 0.1) is 17.8 Å². The van der Waals surface area contributed by atoms with Gasteiger partial charge in [0.2, 0.25) is 11.9 Å². The van der Waals surface area contributed by atoms with Crippen molar-refractivity contribution >= 4 is 28.6 Å². The fourth-order valence-electron chi connectivity index (χ4n) is 3.19. The van der Waals surface area contributed by atoms with Crippen LogP contribution < -0.4 is 21.7 Å². The summed E-state index contributed by atoms with van der Waals surface area (Å²) in [5.41, 5.74) is 8.27. The molecule has 2 aromatic rings. The third-order valence-electron chi connectivity index (χ3n) is 4.71. The van der Waals surface area contributed by atoms with Crippen LogP contribution >= 0.6 is 0 Å². The fourth-order valence-corrected chi connectivity index (χ4v) is 3.19. The number of aromatic nitrogens is 3. The molecule has 5 N–H and O–H groups in total. The average Bonchev–Trinajstić information content (AvgIpc) is 3.19. The van der Waals surface area contributed by atoms with Gasteiger partial charge in [-0.15, -0.1) is 0 Å². The van der Waals surface area contributed by atoms with E-state index < -0.39 is 0 Å². The number of nitrogen functional groups attached to an aromatic ring is 1. The van der Waals surface area contributed by atoms with E-state index in [0.29, 0.717) is 11.3 Å². The summed E-state index contributed by atoms with van der Waals surface area (Å²) in [7, 11) is 0. The summed E-state index contributed by atoms with van der Waals surface area (Å²) >= 11 is 0. The zero-order chi connectivity index (χ0) is 19.2. The van der Waals surface area contributed by atoms with Crippen LogP contribution in [-0.4, -0.2) is 33.4 Å². The third-order valence-corrected chi connectivity index (χ3v) is 4.71. The smallest absolute Gasteiger partial charge is 0.241 e. The Kier molecular flexibility index (Phi) is 6.18. The number of amides is 1. The Morgan fingerprint density at radius 1 is 1.41 bits per heavy atom. The van der Waals surface area contributed by atoms with Crippen LogP contribution in [0.4, 0.5) is 11.8 Å². The van der Waals surface area contributed by atoms with Crippen LogP contribution in [0.2, 0.25) is 0 Å². The standard InChI is InChI=1S/C19H27N7O/c1-3-4-6-14(12(2)23-18(27)15-7-5-9-22-15)24-17-13-8-10-21-11-16(13)25-19(20)26-17/h8,10-11,15,22H,3-7,9H2,1-2H3,(H,23,27)(H3,20,24,25,26)/b14-12+/t15-/m0/s1. The number of hydrogen-bond acceptors (Lipinski definition) is 7. The number of nitrogens with zero attached hydrogens (tertiary/aromatic N) is 3. The van der Waals surface area contributed by atoms with E-state index in [2.05, 4.69) is 37.8 Å². The molecular weight excluding hydrogens is 342 g/mol. The van der Waals surface area contributed by atoms with E-state index >= 15 is 0 Å². The molecule has 1 atom stereocenters. The molecule has 144 valence electrons. The summed E-state index contributed by atoms with van der Waals surface area (Å²) < 4.78 is 0. The molecule has 0 saturated carbocycles. The predicted octanol–water partition coefficient (Wildman–Crippen LogP) is 2.31. The van der Waals surface area contributed by atoms with Crippen LogP contribution in [0, 0.1) is 0 Å². The minimum Gasteiger partial charge on any atom is -0.368 e. The number of carbonyl (C=O) groups excluding carboxylic acids is 1. The Morgan fingerprint density at radius 2 is 2.26 bits per heavy atom. The van der Waals surface area contributed by atoms with Crippen LogP contribution in [0.15, 0.2) is 29.9 Å². The van der Waals surface area contributed by atoms with E-state index in [1.807, 2.05) is 13.0 Å². The van der Waals surface area contributed by atoms with Crippen molar-refractivity contribution in [1.29, 1.82) is 0 Å². The number of allylic oxidation sites excluding steroid dienone is 2. The quantitative estimate of drug-likeness (QED) is 0.591. The summed E-state index contributed by atoms with van der Waals surface area (Å²) in [5, 5.41) is 10.5. The van der Waals surface area contributed by atoms with E-state index in [1.165, 1.54) is 0 Å². The number of anilines is 2. The molecule has 1 amide bonds. The lowest BCUT2D eigenvalue weighted by molar-refractivity contribution is -0.122. The largest absolute Gasteiger partial charge is 0.368 e. The minimum atomic E-state index is -0.117. The van der Waals surface area contributed by atoms with E-state index in [-0.39, 0.29) is 17.9 Å². The molecule has 1 saturated heterocycles. The number of hydrogen-bond donors (Lipinski definition) is 4. The maximum atomic E-state index is 12.5. The first kappa shape index (κ1) is 19.0. The molecule has 1 aliphatic rings. The van der Waals surface area contributed by atoms with Crippen molar-refractivity contribution < 1.29 is 4.79 Å². The molecule has 3 rings (SSSR count). The number of pyridine rings is 1. The number of nitrogens with one attached hydrogen (secondary N) is 3. The van der Waals surface area contributed by atoms with Crippen LogP contribution in [0.1, 0.15) is 46.0 Å². The molecule has 2 aromatic heterocycles. The van der Waals surface area contributed by atoms with Crippen LogP contribution in [0.5, 0.6) is 0 Å². The van der Waals surface area contributed by atoms with E-state index in [1.54, 1.807) is 12.4 Å². The van der Waals surface area contributed by atoms with Crippen molar-refractivity contribution in [3.63, 3.8) is 0 Å². The molecule has 0 bridgehead atoms. The first-order chi connectivity index (χ1) is 13.1. The minimum absolute atomic E-state index is 0.0112. The molecule has 0 spiro atoms. The number of unbranched alkanes of at least 4 members (excludes halogenated alkanes) is 1. The lowest BCUT2D eigenvalue weighted by Gasteiger charge is -2.18. The molecular formula is C19H27N7O. The maximum absolute atomic E-state index is 12.5. The monoisotopic (exact) mass is 369 g/mol. The zero-order valence-electron chi connectivity index (χ0n) is 15.9. The number of nitrogens with two attached hydrogens (primary N) is 1. The Labute approximate surface area is 159 Å². The van der Waals surface area contributed by atoms with Gasteiger partial charge in [0.25, 0.3) is 0 Å². The van der Waals surface area contributed by atoms with Gasteiger partial charge >= 0.3 is 0 Å². The van der Waals surface area contributed by atoms with Crippen molar-refractivity contribution in [3.05, 3.63) is 29.9 Å². The van der Waals surface area contributed by atoms with Gasteiger partial charge in [-0.05, 0) is 45.2 Å². The van der Waals surface area contributed by atoms with Gasteiger partial charge in [-0.25, -0.2) is 4.98 Å². The Hall–Kier alpha value is -2.74. The first-order valence-electron chi connectivity index (χ1n) is 9.46. The molecule has 1 aliphatic heterocycles. The lowest BCUT2D eigenvalue weighted by atomic mass is 10.1. The molecule has 3 heterocycles. The van der Waals surface area contributed by atoms with Crippen LogP contribution in [0.25, 0.3) is 10.9 Å². The molecule has 1 fully saturated rings. The summed E-state index contributed by atoms with van der Waals surface area (Å²) in [6.07, 6.45) is 8.11. The van der Waals surface area contributed by atoms with Crippen molar-refractivity contribution in [2.24, 2.45) is 0 Å². The molecule has 0 aromatic carbocycles. The predicted molar refractivity (Wildman–Crippen MR) is 107 cm³/mol. The number of rotatable bonds is 7. The molecule has 27 heavy (non-hydrogen) atoms. The summed E-state index contributed by atoms with van der Waals surface area (Å²) in [4.78, 5) is 25.1. The van der Waals surface area contributed by atoms with Crippen molar-refractivity contribution in [3.8, 4) is 0 Å². The molecule has 0 unspecified atom stereocenters. The van der Waals surface area contributed by atoms with Crippen LogP contribution in [-0.2, 0) is 4.79 Å². The summed E-state index contributed by atoms with van der Waals surface area (Å²) in [6, 6.07) is 1.74. The highest BCUT2D eigenvalue weighted by Gasteiger charge is 2.22. The molecule has 0 radical (unpaired) electrons. The second-order valence-electron chi connectivity index (χ2n) is 6.79. The van der Waals surface area contributed by atoms with Gasteiger partial charge in [0.15, 0.2) is 0 Å². The van der Waals surface area contributed by atoms with Gasteiger partial charge in [0.1, 0.15) is 5.82 Å². The van der Waals surface area contributed by atoms with E-state index in [9.17, 15) is 4.79 Å². The third kappa shape index (κ3) is 4.71. The summed E-state index contributed by atoms with van der Waals surface area (Å²) in [6.45, 7) is 4.94. The van der Waals surface area contributed by atoms with Gasteiger partial charge in [0, 0.05) is 23.0 Å². The number of carbonyl (C=O) groups is 1. The Morgan fingerprint density at radius 3 is 3.00 bits per heavy atom. The van der Waals surface area contributed by atoms with Gasteiger partial charge in [-0.1, -0.05) is 13.3 Å². The topological polar surface area (TPSA) is 118 Å². The maximum Gasteiger partial charge on any atom is 0.241 e. The van der Waals surface area contributed by atoms with Crippen molar-refractivity contribution in [1.82, 2.24) is 25.6 Å².